The van der Waals surface area contributed by atoms with Gasteiger partial charge in [-0.15, -0.1) is 0 Å². The standard InChI is InChI=1S/C13H26BrN/c1-3-6-12(2)11-15-10-5-8-13(15)7-4-9-14/h12-13H,3-11H2,1-2H3. The molecule has 2 unspecified atom stereocenters. The first-order valence-electron chi connectivity index (χ1n) is 6.58. The SMILES string of the molecule is CCCC(C)CN1CCCC1CCCBr. The fourth-order valence-electron chi connectivity index (χ4n) is 2.76. The van der Waals surface area contributed by atoms with Crippen LogP contribution in [0.2, 0.25) is 0 Å². The van der Waals surface area contributed by atoms with Crippen molar-refractivity contribution >= 4 is 15.9 Å². The van der Waals surface area contributed by atoms with E-state index in [1.54, 1.807) is 0 Å². The molecule has 1 aliphatic heterocycles. The molecular formula is C13H26BrN. The minimum absolute atomic E-state index is 0.888. The third-order valence-corrected chi connectivity index (χ3v) is 4.06. The Balaban J connectivity index is 2.26. The third kappa shape index (κ3) is 4.86. The normalized spacial score (nSPS) is 24.6. The van der Waals surface area contributed by atoms with Crippen LogP contribution in [0.1, 0.15) is 52.4 Å². The second-order valence-corrected chi connectivity index (χ2v) is 5.81. The Labute approximate surface area is 104 Å². The van der Waals surface area contributed by atoms with Crippen molar-refractivity contribution in [2.24, 2.45) is 5.92 Å². The minimum Gasteiger partial charge on any atom is -0.300 e. The molecular weight excluding hydrogens is 250 g/mol. The molecule has 0 bridgehead atoms. The van der Waals surface area contributed by atoms with Crippen LogP contribution < -0.4 is 0 Å². The monoisotopic (exact) mass is 275 g/mol. The highest BCUT2D eigenvalue weighted by Gasteiger charge is 2.24. The molecule has 15 heavy (non-hydrogen) atoms. The Bertz CT molecular complexity index is 161. The van der Waals surface area contributed by atoms with Crippen LogP contribution in [-0.2, 0) is 0 Å². The summed E-state index contributed by atoms with van der Waals surface area (Å²) < 4.78 is 0. The Morgan fingerprint density at radius 2 is 2.27 bits per heavy atom. The van der Waals surface area contributed by atoms with E-state index in [4.69, 9.17) is 0 Å². The van der Waals surface area contributed by atoms with Crippen molar-refractivity contribution in [2.45, 2.75) is 58.4 Å². The zero-order valence-electron chi connectivity index (χ0n) is 10.3. The van der Waals surface area contributed by atoms with E-state index >= 15 is 0 Å². The molecule has 0 aromatic carbocycles. The van der Waals surface area contributed by atoms with Crippen molar-refractivity contribution in [3.8, 4) is 0 Å². The molecule has 90 valence electrons. The molecule has 1 fully saturated rings. The van der Waals surface area contributed by atoms with Gasteiger partial charge < -0.3 is 4.90 Å². The number of hydrogen-bond donors (Lipinski definition) is 0. The highest BCUT2D eigenvalue weighted by Crippen LogP contribution is 2.23. The van der Waals surface area contributed by atoms with Gasteiger partial charge in [-0.05, 0) is 44.6 Å². The molecule has 1 heterocycles. The van der Waals surface area contributed by atoms with Crippen LogP contribution in [-0.4, -0.2) is 29.4 Å². The van der Waals surface area contributed by atoms with E-state index in [0.717, 1.165) is 12.0 Å². The Hall–Kier alpha value is 0.440. The molecule has 0 amide bonds. The summed E-state index contributed by atoms with van der Waals surface area (Å²) >= 11 is 3.53. The number of rotatable bonds is 7. The molecule has 1 nitrogen and oxygen atoms in total. The van der Waals surface area contributed by atoms with Crippen molar-refractivity contribution in [1.29, 1.82) is 0 Å². The maximum atomic E-state index is 3.53. The fraction of sp³-hybridized carbons (Fsp3) is 1.00. The molecule has 2 atom stereocenters. The van der Waals surface area contributed by atoms with Gasteiger partial charge in [0.15, 0.2) is 0 Å². The van der Waals surface area contributed by atoms with Crippen LogP contribution >= 0.6 is 15.9 Å². The molecule has 1 aliphatic rings. The van der Waals surface area contributed by atoms with Gasteiger partial charge in [-0.1, -0.05) is 36.2 Å². The topological polar surface area (TPSA) is 3.24 Å². The largest absolute Gasteiger partial charge is 0.300 e. The summed E-state index contributed by atoms with van der Waals surface area (Å²) in [7, 11) is 0. The van der Waals surface area contributed by atoms with E-state index in [9.17, 15) is 0 Å². The second kappa shape index (κ2) is 7.67. The summed E-state index contributed by atoms with van der Waals surface area (Å²) in [5, 5.41) is 1.17. The van der Waals surface area contributed by atoms with Gasteiger partial charge in [0.05, 0.1) is 0 Å². The molecule has 0 aromatic rings. The zero-order chi connectivity index (χ0) is 11.1. The van der Waals surface area contributed by atoms with Crippen molar-refractivity contribution in [1.82, 2.24) is 4.90 Å². The number of halogens is 1. The van der Waals surface area contributed by atoms with E-state index in [0.29, 0.717) is 0 Å². The van der Waals surface area contributed by atoms with Crippen LogP contribution in [0.25, 0.3) is 0 Å². The highest BCUT2D eigenvalue weighted by molar-refractivity contribution is 9.09. The quantitative estimate of drug-likeness (QED) is 0.634. The van der Waals surface area contributed by atoms with Gasteiger partial charge in [-0.25, -0.2) is 0 Å². The maximum absolute atomic E-state index is 3.53. The third-order valence-electron chi connectivity index (χ3n) is 3.50. The first-order valence-corrected chi connectivity index (χ1v) is 7.70. The Kier molecular flexibility index (Phi) is 6.91. The van der Waals surface area contributed by atoms with E-state index < -0.39 is 0 Å². The molecule has 2 heteroatoms. The maximum Gasteiger partial charge on any atom is 0.00961 e. The molecule has 0 aliphatic carbocycles. The van der Waals surface area contributed by atoms with Gasteiger partial charge in [0.25, 0.3) is 0 Å². The van der Waals surface area contributed by atoms with E-state index in [-0.39, 0.29) is 0 Å². The second-order valence-electron chi connectivity index (χ2n) is 5.02. The number of hydrogen-bond acceptors (Lipinski definition) is 1. The van der Waals surface area contributed by atoms with Gasteiger partial charge in [0.1, 0.15) is 0 Å². The van der Waals surface area contributed by atoms with Gasteiger partial charge in [0.2, 0.25) is 0 Å². The lowest BCUT2D eigenvalue weighted by Crippen LogP contribution is -2.33. The lowest BCUT2D eigenvalue weighted by atomic mass is 10.0. The lowest BCUT2D eigenvalue weighted by Gasteiger charge is -2.27. The fourth-order valence-corrected chi connectivity index (χ4v) is 3.08. The number of alkyl halides is 1. The van der Waals surface area contributed by atoms with Gasteiger partial charge in [-0.3, -0.25) is 0 Å². The summed E-state index contributed by atoms with van der Waals surface area (Å²) in [6.45, 7) is 7.38. The average Bonchev–Trinajstić information content (AvgIpc) is 2.63. The number of likely N-dealkylation sites (tertiary alicyclic amines) is 1. The summed E-state index contributed by atoms with van der Waals surface area (Å²) in [6.07, 6.45) is 8.31. The lowest BCUT2D eigenvalue weighted by molar-refractivity contribution is 0.206. The predicted octanol–water partition coefficient (Wildman–Crippen LogP) is 4.06. The molecule has 0 saturated carbocycles. The van der Waals surface area contributed by atoms with Crippen molar-refractivity contribution in [2.75, 3.05) is 18.4 Å². The smallest absolute Gasteiger partial charge is 0.00961 e. The van der Waals surface area contributed by atoms with Crippen molar-refractivity contribution in [3.63, 3.8) is 0 Å². The highest BCUT2D eigenvalue weighted by atomic mass is 79.9. The van der Waals surface area contributed by atoms with Crippen LogP contribution in [0.4, 0.5) is 0 Å². The number of nitrogens with zero attached hydrogens (tertiary/aromatic N) is 1. The molecule has 1 saturated heterocycles. The molecule has 0 radical (unpaired) electrons. The summed E-state index contributed by atoms with van der Waals surface area (Å²) in [5.74, 6) is 0.888. The van der Waals surface area contributed by atoms with Crippen LogP contribution in [0.15, 0.2) is 0 Å². The molecule has 1 rings (SSSR count). The zero-order valence-corrected chi connectivity index (χ0v) is 11.9. The summed E-state index contributed by atoms with van der Waals surface area (Å²) in [5.41, 5.74) is 0. The Morgan fingerprint density at radius 3 is 2.93 bits per heavy atom. The predicted molar refractivity (Wildman–Crippen MR) is 71.7 cm³/mol. The van der Waals surface area contributed by atoms with Crippen LogP contribution in [0.3, 0.4) is 0 Å². The van der Waals surface area contributed by atoms with Gasteiger partial charge in [0, 0.05) is 17.9 Å². The first kappa shape index (κ1) is 13.5. The summed E-state index contributed by atoms with van der Waals surface area (Å²) in [6, 6.07) is 0.891. The van der Waals surface area contributed by atoms with Gasteiger partial charge >= 0.3 is 0 Å². The first-order chi connectivity index (χ1) is 7.27. The molecule has 0 spiro atoms. The van der Waals surface area contributed by atoms with Crippen molar-refractivity contribution in [3.05, 3.63) is 0 Å². The van der Waals surface area contributed by atoms with Gasteiger partial charge in [-0.2, -0.15) is 0 Å². The summed E-state index contributed by atoms with van der Waals surface area (Å²) in [4.78, 5) is 2.74. The Morgan fingerprint density at radius 1 is 1.47 bits per heavy atom. The van der Waals surface area contributed by atoms with E-state index in [1.807, 2.05) is 0 Å². The van der Waals surface area contributed by atoms with Crippen molar-refractivity contribution < 1.29 is 0 Å². The minimum atomic E-state index is 0.888. The van der Waals surface area contributed by atoms with Crippen LogP contribution in [0, 0.1) is 5.92 Å². The van der Waals surface area contributed by atoms with Crippen LogP contribution in [0.5, 0.6) is 0 Å². The van der Waals surface area contributed by atoms with E-state index in [2.05, 4.69) is 34.7 Å². The average molecular weight is 276 g/mol. The molecule has 0 N–H and O–H groups in total. The van der Waals surface area contributed by atoms with E-state index in [1.165, 1.54) is 56.9 Å². The molecule has 0 aromatic heterocycles.